The number of sulfonamides is 1. The lowest BCUT2D eigenvalue weighted by Crippen LogP contribution is -2.34. The molecule has 2 rings (SSSR count). The van der Waals surface area contributed by atoms with Gasteiger partial charge in [-0.25, -0.2) is 13.1 Å². The molecule has 0 bridgehead atoms. The van der Waals surface area contributed by atoms with E-state index in [-0.39, 0.29) is 17.5 Å². The Morgan fingerprint density at radius 1 is 1.40 bits per heavy atom. The molecule has 1 aromatic rings. The van der Waals surface area contributed by atoms with Crippen LogP contribution < -0.4 is 10.0 Å². The lowest BCUT2D eigenvalue weighted by atomic mass is 10.1. The minimum atomic E-state index is -3.52. The second-order valence-electron chi connectivity index (χ2n) is 4.56. The zero-order chi connectivity index (χ0) is 14.4. The van der Waals surface area contributed by atoms with Crippen LogP contribution in [-0.2, 0) is 14.8 Å². The first-order valence-electron chi connectivity index (χ1n) is 6.50. The van der Waals surface area contributed by atoms with Crippen molar-refractivity contribution in [1.29, 1.82) is 0 Å². The van der Waals surface area contributed by atoms with Crippen molar-refractivity contribution in [3.05, 3.63) is 22.9 Å². The van der Waals surface area contributed by atoms with Gasteiger partial charge in [0.25, 0.3) is 0 Å². The Hall–Kier alpha value is -0.540. The first-order chi connectivity index (χ1) is 9.58. The molecule has 2 heterocycles. The summed E-state index contributed by atoms with van der Waals surface area (Å²) in [5, 5.41) is 3.25. The minimum absolute atomic E-state index is 0.147. The molecule has 1 saturated heterocycles. The average Bonchev–Trinajstić information content (AvgIpc) is 2.45. The van der Waals surface area contributed by atoms with E-state index >= 15 is 0 Å². The van der Waals surface area contributed by atoms with Gasteiger partial charge in [0.1, 0.15) is 4.90 Å². The summed E-state index contributed by atoms with van der Waals surface area (Å²) in [4.78, 5) is 3.99. The van der Waals surface area contributed by atoms with Crippen LogP contribution in [0.4, 0.5) is 0 Å². The van der Waals surface area contributed by atoms with Crippen LogP contribution in [0.25, 0.3) is 0 Å². The highest BCUT2D eigenvalue weighted by molar-refractivity contribution is 9.10. The predicted molar refractivity (Wildman–Crippen MR) is 79.0 cm³/mol. The van der Waals surface area contributed by atoms with Gasteiger partial charge in [0.15, 0.2) is 0 Å². The molecule has 1 fully saturated rings. The van der Waals surface area contributed by atoms with Crippen LogP contribution in [0.5, 0.6) is 0 Å². The lowest BCUT2D eigenvalue weighted by Gasteiger charge is -2.22. The second-order valence-corrected chi connectivity index (χ2v) is 7.24. The van der Waals surface area contributed by atoms with Crippen LogP contribution in [0.2, 0.25) is 0 Å². The maximum Gasteiger partial charge on any atom is 0.242 e. The van der Waals surface area contributed by atoms with Gasteiger partial charge in [0.05, 0.1) is 12.7 Å². The highest BCUT2D eigenvalue weighted by Gasteiger charge is 2.16. The quantitative estimate of drug-likeness (QED) is 0.733. The maximum absolute atomic E-state index is 12.0. The van der Waals surface area contributed by atoms with Gasteiger partial charge in [-0.3, -0.25) is 4.98 Å². The van der Waals surface area contributed by atoms with Gasteiger partial charge in [-0.15, -0.1) is 0 Å². The highest BCUT2D eigenvalue weighted by Crippen LogP contribution is 2.14. The fourth-order valence-corrected chi connectivity index (χ4v) is 3.50. The van der Waals surface area contributed by atoms with Gasteiger partial charge in [-0.2, -0.15) is 0 Å². The van der Waals surface area contributed by atoms with E-state index in [1.54, 1.807) is 6.20 Å². The number of piperidine rings is 1. The fourth-order valence-electron chi connectivity index (χ4n) is 1.99. The van der Waals surface area contributed by atoms with Crippen LogP contribution in [-0.4, -0.2) is 45.7 Å². The number of halogens is 1. The minimum Gasteiger partial charge on any atom is -0.377 e. The third kappa shape index (κ3) is 4.78. The molecule has 112 valence electrons. The molecule has 20 heavy (non-hydrogen) atoms. The van der Waals surface area contributed by atoms with E-state index < -0.39 is 10.0 Å². The molecular formula is C12H18BrN3O3S. The summed E-state index contributed by atoms with van der Waals surface area (Å²) in [6.07, 6.45) is 5.04. The first kappa shape index (κ1) is 15.8. The molecule has 6 nitrogen and oxygen atoms in total. The molecule has 0 spiro atoms. The molecule has 0 radical (unpaired) electrons. The van der Waals surface area contributed by atoms with E-state index in [2.05, 4.69) is 31.0 Å². The summed E-state index contributed by atoms with van der Waals surface area (Å²) < 4.78 is 32.8. The van der Waals surface area contributed by atoms with Crippen molar-refractivity contribution >= 4 is 26.0 Å². The molecule has 0 unspecified atom stereocenters. The molecule has 8 heteroatoms. The van der Waals surface area contributed by atoms with Crippen LogP contribution in [0, 0.1) is 0 Å². The monoisotopic (exact) mass is 363 g/mol. The first-order valence-corrected chi connectivity index (χ1v) is 8.78. The topological polar surface area (TPSA) is 80.3 Å². The average molecular weight is 364 g/mol. The number of nitrogens with one attached hydrogen (secondary N) is 2. The van der Waals surface area contributed by atoms with E-state index in [1.807, 2.05) is 0 Å². The number of hydrogen-bond donors (Lipinski definition) is 2. The van der Waals surface area contributed by atoms with E-state index in [0.29, 0.717) is 11.1 Å². The van der Waals surface area contributed by atoms with E-state index in [9.17, 15) is 8.42 Å². The highest BCUT2D eigenvalue weighted by atomic mass is 79.9. The van der Waals surface area contributed by atoms with Crippen LogP contribution in [0.1, 0.15) is 12.8 Å². The summed E-state index contributed by atoms with van der Waals surface area (Å²) in [6, 6.07) is 1.52. The third-order valence-electron chi connectivity index (χ3n) is 3.02. The van der Waals surface area contributed by atoms with E-state index in [1.165, 1.54) is 12.3 Å². The van der Waals surface area contributed by atoms with Crippen molar-refractivity contribution in [1.82, 2.24) is 15.0 Å². The standard InChI is InChI=1S/C12H18BrN3O3S/c13-10-7-12(9-15-8-10)20(17,18)16-5-6-19-11-1-3-14-4-2-11/h7-9,11,14,16H,1-6H2. The summed E-state index contributed by atoms with van der Waals surface area (Å²) in [6.45, 7) is 2.56. The van der Waals surface area contributed by atoms with Gasteiger partial charge >= 0.3 is 0 Å². The van der Waals surface area contributed by atoms with E-state index in [0.717, 1.165) is 25.9 Å². The third-order valence-corrected chi connectivity index (χ3v) is 4.89. The normalized spacial score (nSPS) is 17.2. The number of aromatic nitrogens is 1. The van der Waals surface area contributed by atoms with Gasteiger partial charge in [-0.1, -0.05) is 0 Å². The molecule has 1 aliphatic heterocycles. The molecule has 0 aliphatic carbocycles. The predicted octanol–water partition coefficient (Wildman–Crippen LogP) is 0.891. The number of ether oxygens (including phenoxy) is 1. The van der Waals surface area contributed by atoms with Gasteiger partial charge < -0.3 is 10.1 Å². The Balaban J connectivity index is 1.78. The summed E-state index contributed by atoms with van der Waals surface area (Å²) in [7, 11) is -3.52. The summed E-state index contributed by atoms with van der Waals surface area (Å²) >= 11 is 3.20. The zero-order valence-electron chi connectivity index (χ0n) is 11.0. The Morgan fingerprint density at radius 2 is 2.15 bits per heavy atom. The molecule has 0 saturated carbocycles. The number of pyridine rings is 1. The summed E-state index contributed by atoms with van der Waals surface area (Å²) in [5.41, 5.74) is 0. The van der Waals surface area contributed by atoms with Crippen molar-refractivity contribution in [2.24, 2.45) is 0 Å². The fraction of sp³-hybridized carbons (Fsp3) is 0.583. The Bertz CT molecular complexity index is 533. The molecular weight excluding hydrogens is 346 g/mol. The van der Waals surface area contributed by atoms with Gasteiger partial charge in [0, 0.05) is 23.4 Å². The van der Waals surface area contributed by atoms with Crippen molar-refractivity contribution in [3.8, 4) is 0 Å². The molecule has 0 aromatic carbocycles. The number of nitrogens with zero attached hydrogens (tertiary/aromatic N) is 1. The van der Waals surface area contributed by atoms with Crippen LogP contribution >= 0.6 is 15.9 Å². The molecule has 0 amide bonds. The van der Waals surface area contributed by atoms with Crippen molar-refractivity contribution in [2.75, 3.05) is 26.2 Å². The lowest BCUT2D eigenvalue weighted by molar-refractivity contribution is 0.0367. The molecule has 1 aromatic heterocycles. The molecule has 1 aliphatic rings. The number of rotatable bonds is 6. The SMILES string of the molecule is O=S(=O)(NCCOC1CCNCC1)c1cncc(Br)c1. The van der Waals surface area contributed by atoms with Gasteiger partial charge in [-0.05, 0) is 47.9 Å². The second kappa shape index (κ2) is 7.46. The maximum atomic E-state index is 12.0. The largest absolute Gasteiger partial charge is 0.377 e. The summed E-state index contributed by atoms with van der Waals surface area (Å²) in [5.74, 6) is 0. The Labute approximate surface area is 127 Å². The van der Waals surface area contributed by atoms with E-state index in [4.69, 9.17) is 4.74 Å². The Morgan fingerprint density at radius 3 is 2.85 bits per heavy atom. The molecule has 0 atom stereocenters. The smallest absolute Gasteiger partial charge is 0.242 e. The number of hydrogen-bond acceptors (Lipinski definition) is 5. The van der Waals surface area contributed by atoms with Crippen molar-refractivity contribution in [3.63, 3.8) is 0 Å². The zero-order valence-corrected chi connectivity index (χ0v) is 13.4. The molecule has 2 N–H and O–H groups in total. The van der Waals surface area contributed by atoms with Crippen LogP contribution in [0.3, 0.4) is 0 Å². The van der Waals surface area contributed by atoms with Gasteiger partial charge in [0.2, 0.25) is 10.0 Å². The van der Waals surface area contributed by atoms with Crippen LogP contribution in [0.15, 0.2) is 27.8 Å². The van der Waals surface area contributed by atoms with Crippen molar-refractivity contribution < 1.29 is 13.2 Å². The van der Waals surface area contributed by atoms with Crippen molar-refractivity contribution in [2.45, 2.75) is 23.8 Å². The Kier molecular flexibility index (Phi) is 5.91.